The Bertz CT molecular complexity index is 438. The molecule has 98 valence electrons. The van der Waals surface area contributed by atoms with E-state index < -0.39 is 5.54 Å². The number of aromatic nitrogens is 1. The van der Waals surface area contributed by atoms with Crippen LogP contribution in [-0.4, -0.2) is 27.5 Å². The normalized spacial score (nSPS) is 19.4. The molecule has 0 bridgehead atoms. The van der Waals surface area contributed by atoms with E-state index in [0.717, 1.165) is 19.3 Å². The van der Waals surface area contributed by atoms with E-state index in [2.05, 4.69) is 15.5 Å². The largest absolute Gasteiger partial charge is 0.409 e. The molecule has 1 aromatic heterocycles. The predicted molar refractivity (Wildman–Crippen MR) is 68.8 cm³/mol. The van der Waals surface area contributed by atoms with Crippen LogP contribution in [0.1, 0.15) is 41.8 Å². The molecule has 0 aromatic carbocycles. The van der Waals surface area contributed by atoms with Gasteiger partial charge in [0.15, 0.2) is 5.84 Å². The molecular weight excluding hydrogens is 252 g/mol. The van der Waals surface area contributed by atoms with Gasteiger partial charge >= 0.3 is 0 Å². The second-order valence-electron chi connectivity index (χ2n) is 4.45. The van der Waals surface area contributed by atoms with Gasteiger partial charge in [-0.15, -0.1) is 11.3 Å². The minimum Gasteiger partial charge on any atom is -0.409 e. The number of nitrogens with two attached hydrogens (primary N) is 1. The number of nitrogens with one attached hydrogen (secondary N) is 1. The summed E-state index contributed by atoms with van der Waals surface area (Å²) in [5.41, 5.74) is 6.65. The van der Waals surface area contributed by atoms with Crippen LogP contribution in [0.15, 0.2) is 16.9 Å². The van der Waals surface area contributed by atoms with E-state index in [1.807, 2.05) is 0 Å². The first-order valence-corrected chi connectivity index (χ1v) is 6.75. The van der Waals surface area contributed by atoms with Crippen molar-refractivity contribution in [2.45, 2.75) is 37.6 Å². The molecule has 1 aromatic rings. The Morgan fingerprint density at radius 2 is 2.22 bits per heavy atom. The first-order valence-electron chi connectivity index (χ1n) is 5.87. The highest BCUT2D eigenvalue weighted by Crippen LogP contribution is 2.29. The van der Waals surface area contributed by atoms with E-state index >= 15 is 0 Å². The summed E-state index contributed by atoms with van der Waals surface area (Å²) in [5.74, 6) is -0.133. The SMILES string of the molecule is NC(=NO)C1(NC(=O)c2cncs2)CCCCC1. The standard InChI is InChI=1S/C11H16N4O2S/c12-10(15-17)11(4-2-1-3-5-11)14-9(16)8-6-13-7-18-8/h6-7,17H,1-5H2,(H2,12,15)(H,14,16). The Balaban J connectivity index is 2.18. The van der Waals surface area contributed by atoms with E-state index in [1.165, 1.54) is 17.5 Å². The van der Waals surface area contributed by atoms with E-state index in [4.69, 9.17) is 10.9 Å². The van der Waals surface area contributed by atoms with Crippen molar-refractivity contribution in [1.29, 1.82) is 0 Å². The smallest absolute Gasteiger partial charge is 0.263 e. The number of nitrogens with zero attached hydrogens (tertiary/aromatic N) is 2. The molecule has 1 aliphatic rings. The topological polar surface area (TPSA) is 101 Å². The maximum Gasteiger partial charge on any atom is 0.263 e. The highest BCUT2D eigenvalue weighted by atomic mass is 32.1. The summed E-state index contributed by atoms with van der Waals surface area (Å²) in [6, 6.07) is 0. The van der Waals surface area contributed by atoms with Crippen molar-refractivity contribution in [3.63, 3.8) is 0 Å². The molecule has 1 saturated carbocycles. The first-order chi connectivity index (χ1) is 8.68. The summed E-state index contributed by atoms with van der Waals surface area (Å²) in [6.45, 7) is 0. The molecule has 2 rings (SSSR count). The molecule has 0 atom stereocenters. The fourth-order valence-corrected chi connectivity index (χ4v) is 2.82. The lowest BCUT2D eigenvalue weighted by atomic mass is 9.80. The third-order valence-corrected chi connectivity index (χ3v) is 4.09. The third-order valence-electron chi connectivity index (χ3n) is 3.31. The van der Waals surface area contributed by atoms with Crippen LogP contribution in [0.25, 0.3) is 0 Å². The maximum absolute atomic E-state index is 12.1. The number of carbonyl (C=O) groups excluding carboxylic acids is 1. The number of hydrogen-bond acceptors (Lipinski definition) is 5. The van der Waals surface area contributed by atoms with E-state index in [9.17, 15) is 4.79 Å². The molecule has 1 fully saturated rings. The Labute approximate surface area is 109 Å². The number of amides is 1. The van der Waals surface area contributed by atoms with Crippen LogP contribution in [0.3, 0.4) is 0 Å². The number of amidine groups is 1. The lowest BCUT2D eigenvalue weighted by Gasteiger charge is -2.36. The summed E-state index contributed by atoms with van der Waals surface area (Å²) in [5, 5.41) is 14.9. The van der Waals surface area contributed by atoms with Gasteiger partial charge in [-0.1, -0.05) is 24.4 Å². The first kappa shape index (κ1) is 12.8. The lowest BCUT2D eigenvalue weighted by Crippen LogP contribution is -2.58. The fraction of sp³-hybridized carbons (Fsp3) is 0.545. The van der Waals surface area contributed by atoms with Crippen LogP contribution >= 0.6 is 11.3 Å². The average Bonchev–Trinajstić information content (AvgIpc) is 2.93. The fourth-order valence-electron chi connectivity index (χ4n) is 2.30. The van der Waals surface area contributed by atoms with Gasteiger partial charge in [0, 0.05) is 0 Å². The van der Waals surface area contributed by atoms with Crippen LogP contribution in [0.4, 0.5) is 0 Å². The number of hydrogen-bond donors (Lipinski definition) is 3. The second-order valence-corrected chi connectivity index (χ2v) is 5.33. The van der Waals surface area contributed by atoms with E-state index in [-0.39, 0.29) is 11.7 Å². The van der Waals surface area contributed by atoms with Crippen molar-refractivity contribution in [1.82, 2.24) is 10.3 Å². The Kier molecular flexibility index (Phi) is 3.81. The van der Waals surface area contributed by atoms with Gasteiger partial charge in [-0.25, -0.2) is 0 Å². The number of oxime groups is 1. The molecular formula is C11H16N4O2S. The molecule has 18 heavy (non-hydrogen) atoms. The molecule has 1 heterocycles. The zero-order valence-electron chi connectivity index (χ0n) is 9.93. The molecule has 0 radical (unpaired) electrons. The number of thiazole rings is 1. The Morgan fingerprint density at radius 1 is 1.50 bits per heavy atom. The van der Waals surface area contributed by atoms with Crippen molar-refractivity contribution < 1.29 is 10.0 Å². The zero-order valence-corrected chi connectivity index (χ0v) is 10.7. The molecule has 1 amide bonds. The van der Waals surface area contributed by atoms with Crippen LogP contribution < -0.4 is 11.1 Å². The molecule has 4 N–H and O–H groups in total. The van der Waals surface area contributed by atoms with Crippen LogP contribution in [0.2, 0.25) is 0 Å². The summed E-state index contributed by atoms with van der Waals surface area (Å²) in [7, 11) is 0. The zero-order chi connectivity index (χ0) is 13.0. The maximum atomic E-state index is 12.1. The quantitative estimate of drug-likeness (QED) is 0.333. The minimum absolute atomic E-state index is 0.0834. The van der Waals surface area contributed by atoms with Gasteiger partial charge in [0.25, 0.3) is 5.91 Å². The molecule has 0 aliphatic heterocycles. The van der Waals surface area contributed by atoms with Crippen molar-refractivity contribution in [2.24, 2.45) is 10.9 Å². The molecule has 0 saturated heterocycles. The van der Waals surface area contributed by atoms with E-state index in [0.29, 0.717) is 17.7 Å². The van der Waals surface area contributed by atoms with Gasteiger partial charge in [0.1, 0.15) is 10.4 Å². The molecule has 0 spiro atoms. The number of rotatable bonds is 3. The summed E-state index contributed by atoms with van der Waals surface area (Å²) >= 11 is 1.27. The number of carbonyl (C=O) groups is 1. The van der Waals surface area contributed by atoms with Gasteiger partial charge in [-0.3, -0.25) is 9.78 Å². The van der Waals surface area contributed by atoms with Crippen molar-refractivity contribution in [2.75, 3.05) is 0 Å². The summed E-state index contributed by atoms with van der Waals surface area (Å²) in [6.07, 6.45) is 5.94. The minimum atomic E-state index is -0.714. The third kappa shape index (κ3) is 2.45. The van der Waals surface area contributed by atoms with Crippen molar-refractivity contribution in [3.8, 4) is 0 Å². The van der Waals surface area contributed by atoms with Crippen LogP contribution in [-0.2, 0) is 0 Å². The van der Waals surface area contributed by atoms with Crippen molar-refractivity contribution in [3.05, 3.63) is 16.6 Å². The second kappa shape index (κ2) is 5.34. The van der Waals surface area contributed by atoms with Crippen LogP contribution in [0.5, 0.6) is 0 Å². The van der Waals surface area contributed by atoms with Gasteiger partial charge in [0.2, 0.25) is 0 Å². The van der Waals surface area contributed by atoms with Gasteiger partial charge < -0.3 is 16.3 Å². The Morgan fingerprint density at radius 3 is 2.78 bits per heavy atom. The summed E-state index contributed by atoms with van der Waals surface area (Å²) < 4.78 is 0. The highest BCUT2D eigenvalue weighted by Gasteiger charge is 2.38. The molecule has 7 heteroatoms. The predicted octanol–water partition coefficient (Wildman–Crippen LogP) is 1.32. The average molecular weight is 268 g/mol. The van der Waals surface area contributed by atoms with Gasteiger partial charge in [-0.2, -0.15) is 0 Å². The van der Waals surface area contributed by atoms with Crippen LogP contribution in [0, 0.1) is 0 Å². The molecule has 6 nitrogen and oxygen atoms in total. The van der Waals surface area contributed by atoms with Gasteiger partial charge in [-0.05, 0) is 12.8 Å². The van der Waals surface area contributed by atoms with E-state index in [1.54, 1.807) is 5.51 Å². The summed E-state index contributed by atoms with van der Waals surface area (Å²) in [4.78, 5) is 16.5. The van der Waals surface area contributed by atoms with Gasteiger partial charge in [0.05, 0.1) is 11.7 Å². The Hall–Kier alpha value is -1.63. The lowest BCUT2D eigenvalue weighted by molar-refractivity contribution is 0.0909. The molecule has 0 unspecified atom stereocenters. The molecule has 1 aliphatic carbocycles. The van der Waals surface area contributed by atoms with Crippen molar-refractivity contribution >= 4 is 23.1 Å². The monoisotopic (exact) mass is 268 g/mol. The highest BCUT2D eigenvalue weighted by molar-refractivity contribution is 7.11.